The van der Waals surface area contributed by atoms with Crippen molar-refractivity contribution >= 4 is 17.3 Å². The fraction of sp³-hybridized carbons (Fsp3) is 0.333. The van der Waals surface area contributed by atoms with E-state index in [1.54, 1.807) is 23.6 Å². The minimum absolute atomic E-state index is 0.612. The molecular formula is C12H15N3OS. The van der Waals surface area contributed by atoms with E-state index in [9.17, 15) is 0 Å². The SMILES string of the molecule is CCNc1nccc(OCCc2cccs2)n1. The third-order valence-electron chi connectivity index (χ3n) is 2.14. The van der Waals surface area contributed by atoms with Crippen molar-refractivity contribution in [2.45, 2.75) is 13.3 Å². The zero-order chi connectivity index (χ0) is 11.9. The molecule has 0 atom stereocenters. The standard InChI is InChI=1S/C12H15N3OS/c1-2-13-12-14-7-5-11(15-12)16-8-6-10-4-3-9-17-10/h3-5,7,9H,2,6,8H2,1H3,(H,13,14,15). The number of ether oxygens (including phenoxy) is 1. The Kier molecular flexibility index (Phi) is 4.32. The smallest absolute Gasteiger partial charge is 0.225 e. The fourth-order valence-corrected chi connectivity index (χ4v) is 2.07. The molecule has 0 aliphatic heterocycles. The summed E-state index contributed by atoms with van der Waals surface area (Å²) in [7, 11) is 0. The first-order valence-corrected chi connectivity index (χ1v) is 6.48. The van der Waals surface area contributed by atoms with E-state index in [-0.39, 0.29) is 0 Å². The molecule has 2 rings (SSSR count). The topological polar surface area (TPSA) is 47.0 Å². The second-order valence-electron chi connectivity index (χ2n) is 3.43. The fourth-order valence-electron chi connectivity index (χ4n) is 1.38. The molecule has 0 spiro atoms. The third kappa shape index (κ3) is 3.71. The average molecular weight is 249 g/mol. The van der Waals surface area contributed by atoms with Crippen LogP contribution in [-0.4, -0.2) is 23.1 Å². The molecular weight excluding hydrogens is 234 g/mol. The Morgan fingerprint density at radius 2 is 2.35 bits per heavy atom. The molecule has 5 heteroatoms. The minimum atomic E-state index is 0.612. The van der Waals surface area contributed by atoms with Crippen molar-refractivity contribution in [3.63, 3.8) is 0 Å². The van der Waals surface area contributed by atoms with Gasteiger partial charge >= 0.3 is 0 Å². The summed E-state index contributed by atoms with van der Waals surface area (Å²) in [6, 6.07) is 5.93. The van der Waals surface area contributed by atoms with Gasteiger partial charge in [-0.25, -0.2) is 4.98 Å². The van der Waals surface area contributed by atoms with Crippen molar-refractivity contribution in [2.24, 2.45) is 0 Å². The van der Waals surface area contributed by atoms with Gasteiger partial charge in [0.05, 0.1) is 6.61 Å². The summed E-state index contributed by atoms with van der Waals surface area (Å²) >= 11 is 1.74. The molecule has 0 saturated heterocycles. The Morgan fingerprint density at radius 3 is 3.12 bits per heavy atom. The van der Waals surface area contributed by atoms with Gasteiger partial charge in [0.1, 0.15) is 0 Å². The Labute approximate surface area is 105 Å². The summed E-state index contributed by atoms with van der Waals surface area (Å²) in [5, 5.41) is 5.12. The maximum Gasteiger partial charge on any atom is 0.225 e. The maximum absolute atomic E-state index is 5.58. The first kappa shape index (κ1) is 11.9. The molecule has 0 unspecified atom stereocenters. The first-order chi connectivity index (χ1) is 8.38. The number of nitrogens with zero attached hydrogens (tertiary/aromatic N) is 2. The van der Waals surface area contributed by atoms with E-state index in [2.05, 4.69) is 26.7 Å². The van der Waals surface area contributed by atoms with Crippen LogP contribution in [0.2, 0.25) is 0 Å². The Bertz CT molecular complexity index is 445. The normalized spacial score (nSPS) is 10.2. The Morgan fingerprint density at radius 1 is 1.41 bits per heavy atom. The average Bonchev–Trinajstić information content (AvgIpc) is 2.83. The highest BCUT2D eigenvalue weighted by molar-refractivity contribution is 7.09. The lowest BCUT2D eigenvalue weighted by atomic mass is 10.4. The van der Waals surface area contributed by atoms with Gasteiger partial charge in [-0.3, -0.25) is 0 Å². The number of rotatable bonds is 6. The minimum Gasteiger partial charge on any atom is -0.477 e. The molecule has 0 aromatic carbocycles. The number of hydrogen-bond acceptors (Lipinski definition) is 5. The number of nitrogens with one attached hydrogen (secondary N) is 1. The summed E-state index contributed by atoms with van der Waals surface area (Å²) < 4.78 is 5.58. The second-order valence-corrected chi connectivity index (χ2v) is 4.46. The highest BCUT2D eigenvalue weighted by Crippen LogP contribution is 2.11. The van der Waals surface area contributed by atoms with E-state index >= 15 is 0 Å². The van der Waals surface area contributed by atoms with Gasteiger partial charge in [-0.05, 0) is 18.4 Å². The summed E-state index contributed by atoms with van der Waals surface area (Å²) in [4.78, 5) is 9.65. The third-order valence-corrected chi connectivity index (χ3v) is 3.08. The Hall–Kier alpha value is -1.62. The lowest BCUT2D eigenvalue weighted by molar-refractivity contribution is 0.310. The van der Waals surface area contributed by atoms with Crippen LogP contribution >= 0.6 is 11.3 Å². The van der Waals surface area contributed by atoms with Crippen LogP contribution in [0.4, 0.5) is 5.95 Å². The largest absolute Gasteiger partial charge is 0.477 e. The number of anilines is 1. The molecule has 17 heavy (non-hydrogen) atoms. The quantitative estimate of drug-likeness (QED) is 0.854. The van der Waals surface area contributed by atoms with Gasteiger partial charge in [-0.2, -0.15) is 4.98 Å². The van der Waals surface area contributed by atoms with Crippen LogP contribution < -0.4 is 10.1 Å². The van der Waals surface area contributed by atoms with Gasteiger partial charge in [0.15, 0.2) is 0 Å². The molecule has 0 bridgehead atoms. The highest BCUT2D eigenvalue weighted by Gasteiger charge is 1.99. The molecule has 0 fully saturated rings. The summed E-state index contributed by atoms with van der Waals surface area (Å²) in [5.41, 5.74) is 0. The second kappa shape index (κ2) is 6.20. The molecule has 4 nitrogen and oxygen atoms in total. The molecule has 0 aliphatic rings. The molecule has 90 valence electrons. The zero-order valence-corrected chi connectivity index (χ0v) is 10.5. The van der Waals surface area contributed by atoms with Crippen molar-refractivity contribution < 1.29 is 4.74 Å². The predicted octanol–water partition coefficient (Wildman–Crippen LogP) is 2.59. The Balaban J connectivity index is 1.84. The maximum atomic E-state index is 5.58. The molecule has 0 aliphatic carbocycles. The molecule has 0 amide bonds. The van der Waals surface area contributed by atoms with Crippen molar-refractivity contribution in [3.05, 3.63) is 34.7 Å². The number of thiophene rings is 1. The molecule has 0 saturated carbocycles. The molecule has 2 heterocycles. The van der Waals surface area contributed by atoms with Crippen molar-refractivity contribution in [1.29, 1.82) is 0 Å². The van der Waals surface area contributed by atoms with Gasteiger partial charge in [0, 0.05) is 30.1 Å². The molecule has 1 N–H and O–H groups in total. The van der Waals surface area contributed by atoms with Crippen LogP contribution in [-0.2, 0) is 6.42 Å². The van der Waals surface area contributed by atoms with Gasteiger partial charge in [-0.15, -0.1) is 11.3 Å². The van der Waals surface area contributed by atoms with Crippen LogP contribution in [0.1, 0.15) is 11.8 Å². The summed E-state index contributed by atoms with van der Waals surface area (Å²) in [5.74, 6) is 1.23. The van der Waals surface area contributed by atoms with Crippen LogP contribution in [0.15, 0.2) is 29.8 Å². The van der Waals surface area contributed by atoms with E-state index in [4.69, 9.17) is 4.74 Å². The van der Waals surface area contributed by atoms with E-state index in [0.29, 0.717) is 18.4 Å². The van der Waals surface area contributed by atoms with Gasteiger partial charge in [-0.1, -0.05) is 6.07 Å². The van der Waals surface area contributed by atoms with Crippen molar-refractivity contribution in [2.75, 3.05) is 18.5 Å². The molecule has 2 aromatic heterocycles. The van der Waals surface area contributed by atoms with Gasteiger partial charge in [0.25, 0.3) is 0 Å². The van der Waals surface area contributed by atoms with Crippen LogP contribution in [0.25, 0.3) is 0 Å². The van der Waals surface area contributed by atoms with Gasteiger partial charge < -0.3 is 10.1 Å². The van der Waals surface area contributed by atoms with Crippen LogP contribution in [0.5, 0.6) is 5.88 Å². The molecule has 0 radical (unpaired) electrons. The highest BCUT2D eigenvalue weighted by atomic mass is 32.1. The van der Waals surface area contributed by atoms with Crippen LogP contribution in [0.3, 0.4) is 0 Å². The predicted molar refractivity (Wildman–Crippen MR) is 69.7 cm³/mol. The lowest BCUT2D eigenvalue weighted by Gasteiger charge is -2.06. The first-order valence-electron chi connectivity index (χ1n) is 5.60. The van der Waals surface area contributed by atoms with E-state index < -0.39 is 0 Å². The number of aromatic nitrogens is 2. The summed E-state index contributed by atoms with van der Waals surface area (Å²) in [6.07, 6.45) is 2.61. The zero-order valence-electron chi connectivity index (χ0n) is 9.72. The summed E-state index contributed by atoms with van der Waals surface area (Å²) in [6.45, 7) is 3.45. The van der Waals surface area contributed by atoms with E-state index in [0.717, 1.165) is 13.0 Å². The van der Waals surface area contributed by atoms with Gasteiger partial charge in [0.2, 0.25) is 11.8 Å². The van der Waals surface area contributed by atoms with E-state index in [1.807, 2.05) is 13.0 Å². The number of hydrogen-bond donors (Lipinski definition) is 1. The molecule has 2 aromatic rings. The lowest BCUT2D eigenvalue weighted by Crippen LogP contribution is -2.05. The monoisotopic (exact) mass is 249 g/mol. The van der Waals surface area contributed by atoms with E-state index in [1.165, 1.54) is 4.88 Å². The van der Waals surface area contributed by atoms with Crippen LogP contribution in [0, 0.1) is 0 Å². The van der Waals surface area contributed by atoms with Crippen molar-refractivity contribution in [3.8, 4) is 5.88 Å². The van der Waals surface area contributed by atoms with Crippen molar-refractivity contribution in [1.82, 2.24) is 9.97 Å².